The molecule has 1 atom stereocenters. The minimum atomic E-state index is -0.163. The summed E-state index contributed by atoms with van der Waals surface area (Å²) in [5.74, 6) is 1.16. The van der Waals surface area contributed by atoms with Crippen molar-refractivity contribution in [2.24, 2.45) is 5.92 Å². The number of nitrogens with zero attached hydrogens (tertiary/aromatic N) is 6. The average molecular weight is 350 g/mol. The summed E-state index contributed by atoms with van der Waals surface area (Å²) in [4.78, 5) is 31.7. The minimum absolute atomic E-state index is 0.0998. The van der Waals surface area contributed by atoms with Gasteiger partial charge in [-0.3, -0.25) is 20.2 Å². The second-order valence-electron chi connectivity index (χ2n) is 6.05. The first-order valence-electron chi connectivity index (χ1n) is 8.46. The predicted octanol–water partition coefficient (Wildman–Crippen LogP) is 1.51. The number of aromatic amines is 1. The molecule has 0 bridgehead atoms. The molecule has 1 amide bonds. The number of nitrogens with one attached hydrogen (secondary N) is 2. The highest BCUT2D eigenvalue weighted by atomic mass is 16.2. The summed E-state index contributed by atoms with van der Waals surface area (Å²) in [7, 11) is 0. The van der Waals surface area contributed by atoms with Crippen LogP contribution in [0.15, 0.2) is 42.9 Å². The summed E-state index contributed by atoms with van der Waals surface area (Å²) in [6.45, 7) is 1.42. The Bertz CT molecular complexity index is 867. The molecule has 4 heterocycles. The van der Waals surface area contributed by atoms with Gasteiger partial charge in [-0.2, -0.15) is 4.98 Å². The molecule has 0 saturated carbocycles. The maximum Gasteiger partial charge on any atom is 0.249 e. The molecule has 3 aromatic heterocycles. The zero-order valence-corrected chi connectivity index (χ0v) is 14.0. The van der Waals surface area contributed by atoms with E-state index >= 15 is 0 Å². The van der Waals surface area contributed by atoms with Crippen LogP contribution in [0.1, 0.15) is 12.8 Å². The number of aromatic nitrogens is 6. The smallest absolute Gasteiger partial charge is 0.249 e. The third-order valence-corrected chi connectivity index (χ3v) is 4.26. The fourth-order valence-electron chi connectivity index (χ4n) is 2.97. The van der Waals surface area contributed by atoms with E-state index < -0.39 is 0 Å². The second-order valence-corrected chi connectivity index (χ2v) is 6.05. The van der Waals surface area contributed by atoms with Crippen LogP contribution < -0.4 is 10.2 Å². The van der Waals surface area contributed by atoms with Crippen LogP contribution >= 0.6 is 0 Å². The van der Waals surface area contributed by atoms with E-state index in [1.165, 1.54) is 0 Å². The van der Waals surface area contributed by atoms with Crippen molar-refractivity contribution in [3.05, 3.63) is 42.9 Å². The molecule has 0 unspecified atom stereocenters. The Morgan fingerprint density at radius 1 is 1.15 bits per heavy atom. The van der Waals surface area contributed by atoms with Crippen LogP contribution in [0.5, 0.6) is 0 Å². The molecule has 0 spiro atoms. The summed E-state index contributed by atoms with van der Waals surface area (Å²) >= 11 is 0. The molecule has 132 valence electrons. The Hall–Kier alpha value is -3.36. The van der Waals surface area contributed by atoms with Gasteiger partial charge in [0.05, 0.1) is 5.92 Å². The van der Waals surface area contributed by atoms with Crippen LogP contribution in [0, 0.1) is 5.92 Å². The largest absolute Gasteiger partial charge is 0.340 e. The number of hydrogen-bond donors (Lipinski definition) is 2. The van der Waals surface area contributed by atoms with Gasteiger partial charge >= 0.3 is 0 Å². The SMILES string of the molecule is O=C(Nc1n[nH]c(-c2ccccn2)n1)[C@H]1CCCN(c2ncccn2)C1. The van der Waals surface area contributed by atoms with Crippen molar-refractivity contribution in [3.63, 3.8) is 0 Å². The van der Waals surface area contributed by atoms with Gasteiger partial charge in [-0.05, 0) is 31.0 Å². The summed E-state index contributed by atoms with van der Waals surface area (Å²) in [5.41, 5.74) is 0.672. The topological polar surface area (TPSA) is 113 Å². The number of H-pyrrole nitrogens is 1. The lowest BCUT2D eigenvalue weighted by Crippen LogP contribution is -2.41. The molecule has 4 rings (SSSR count). The Labute approximate surface area is 149 Å². The molecule has 1 aliphatic heterocycles. The molecule has 9 nitrogen and oxygen atoms in total. The predicted molar refractivity (Wildman–Crippen MR) is 95.2 cm³/mol. The first-order chi connectivity index (χ1) is 12.8. The third-order valence-electron chi connectivity index (χ3n) is 4.26. The first-order valence-corrected chi connectivity index (χ1v) is 8.46. The van der Waals surface area contributed by atoms with Crippen molar-refractivity contribution < 1.29 is 4.79 Å². The highest BCUT2D eigenvalue weighted by molar-refractivity contribution is 5.91. The highest BCUT2D eigenvalue weighted by Crippen LogP contribution is 2.21. The van der Waals surface area contributed by atoms with Crippen LogP contribution in [0.25, 0.3) is 11.5 Å². The van der Waals surface area contributed by atoms with Crippen LogP contribution in [-0.4, -0.2) is 49.1 Å². The van der Waals surface area contributed by atoms with E-state index in [0.29, 0.717) is 24.0 Å². The summed E-state index contributed by atoms with van der Waals surface area (Å²) < 4.78 is 0. The van der Waals surface area contributed by atoms with Gasteiger partial charge in [0.15, 0.2) is 5.82 Å². The lowest BCUT2D eigenvalue weighted by atomic mass is 9.97. The molecule has 0 aromatic carbocycles. The molecule has 2 N–H and O–H groups in total. The molecule has 3 aromatic rings. The number of carbonyl (C=O) groups is 1. The van der Waals surface area contributed by atoms with Crippen molar-refractivity contribution in [2.45, 2.75) is 12.8 Å². The molecule has 1 saturated heterocycles. The number of carbonyl (C=O) groups excluding carboxylic acids is 1. The van der Waals surface area contributed by atoms with Gasteiger partial charge in [-0.15, -0.1) is 5.10 Å². The molecule has 9 heteroatoms. The maximum absolute atomic E-state index is 12.6. The van der Waals surface area contributed by atoms with Crippen molar-refractivity contribution >= 4 is 17.8 Å². The Kier molecular flexibility index (Phi) is 4.50. The van der Waals surface area contributed by atoms with E-state index in [4.69, 9.17) is 0 Å². The van der Waals surface area contributed by atoms with Crippen molar-refractivity contribution in [2.75, 3.05) is 23.3 Å². The molecular weight excluding hydrogens is 332 g/mol. The fraction of sp³-hybridized carbons (Fsp3) is 0.294. The van der Waals surface area contributed by atoms with E-state index in [1.54, 1.807) is 24.7 Å². The van der Waals surface area contributed by atoms with E-state index in [2.05, 4.69) is 35.5 Å². The van der Waals surface area contributed by atoms with Gasteiger partial charge in [0.25, 0.3) is 0 Å². The van der Waals surface area contributed by atoms with E-state index in [1.807, 2.05) is 23.1 Å². The van der Waals surface area contributed by atoms with Crippen molar-refractivity contribution in [3.8, 4) is 11.5 Å². The molecule has 1 aliphatic rings. The van der Waals surface area contributed by atoms with Crippen LogP contribution in [0.4, 0.5) is 11.9 Å². The zero-order chi connectivity index (χ0) is 17.8. The van der Waals surface area contributed by atoms with Gasteiger partial charge in [-0.1, -0.05) is 6.07 Å². The van der Waals surface area contributed by atoms with Gasteiger partial charge < -0.3 is 4.90 Å². The molecular formula is C17H18N8O. The highest BCUT2D eigenvalue weighted by Gasteiger charge is 2.27. The quantitative estimate of drug-likeness (QED) is 0.733. The van der Waals surface area contributed by atoms with Crippen LogP contribution in [0.3, 0.4) is 0 Å². The van der Waals surface area contributed by atoms with Gasteiger partial charge in [0.2, 0.25) is 17.8 Å². The Morgan fingerprint density at radius 2 is 2.00 bits per heavy atom. The number of anilines is 2. The third kappa shape index (κ3) is 3.51. The van der Waals surface area contributed by atoms with Gasteiger partial charge in [0, 0.05) is 31.7 Å². The molecule has 1 fully saturated rings. The number of rotatable bonds is 4. The Morgan fingerprint density at radius 3 is 2.81 bits per heavy atom. The maximum atomic E-state index is 12.6. The monoisotopic (exact) mass is 350 g/mol. The summed E-state index contributed by atoms with van der Waals surface area (Å²) in [6.07, 6.45) is 6.81. The number of hydrogen-bond acceptors (Lipinski definition) is 7. The second kappa shape index (κ2) is 7.26. The standard InChI is InChI=1S/C17H18N8O/c26-15(12-5-3-10-25(11-12)17-19-8-4-9-20-17)22-16-21-14(23-24-16)13-6-1-2-7-18-13/h1-2,4,6-9,12H,3,5,10-11H2,(H2,21,22,23,24,26)/t12-/m0/s1. The normalized spacial score (nSPS) is 17.1. The van der Waals surface area contributed by atoms with Crippen LogP contribution in [-0.2, 0) is 4.79 Å². The minimum Gasteiger partial charge on any atom is -0.340 e. The molecule has 26 heavy (non-hydrogen) atoms. The van der Waals surface area contributed by atoms with E-state index in [-0.39, 0.29) is 17.8 Å². The molecule has 0 aliphatic carbocycles. The van der Waals surface area contributed by atoms with E-state index in [0.717, 1.165) is 19.4 Å². The number of pyridine rings is 1. The fourth-order valence-corrected chi connectivity index (χ4v) is 2.97. The van der Waals surface area contributed by atoms with Crippen LogP contribution in [0.2, 0.25) is 0 Å². The lowest BCUT2D eigenvalue weighted by molar-refractivity contribution is -0.120. The lowest BCUT2D eigenvalue weighted by Gasteiger charge is -2.31. The zero-order valence-electron chi connectivity index (χ0n) is 14.0. The van der Waals surface area contributed by atoms with Gasteiger partial charge in [-0.25, -0.2) is 9.97 Å². The first kappa shape index (κ1) is 16.1. The van der Waals surface area contributed by atoms with Crippen molar-refractivity contribution in [1.82, 2.24) is 30.1 Å². The summed E-state index contributed by atoms with van der Waals surface area (Å²) in [5, 5.41) is 9.64. The van der Waals surface area contributed by atoms with Gasteiger partial charge in [0.1, 0.15) is 5.69 Å². The summed E-state index contributed by atoms with van der Waals surface area (Å²) in [6, 6.07) is 7.30. The molecule has 0 radical (unpaired) electrons. The Balaban J connectivity index is 1.41. The number of piperidine rings is 1. The van der Waals surface area contributed by atoms with Crippen molar-refractivity contribution in [1.29, 1.82) is 0 Å². The number of amides is 1. The van der Waals surface area contributed by atoms with E-state index in [9.17, 15) is 4.79 Å². The average Bonchev–Trinajstić information content (AvgIpc) is 3.18.